The Balaban J connectivity index is 2.26. The summed E-state index contributed by atoms with van der Waals surface area (Å²) in [6.07, 6.45) is 3.17. The Morgan fingerprint density at radius 3 is 2.78 bits per heavy atom. The topological polar surface area (TPSA) is 56.7 Å². The van der Waals surface area contributed by atoms with Crippen LogP contribution in [0, 0.1) is 5.92 Å². The Morgan fingerprint density at radius 1 is 1.50 bits per heavy atom. The first kappa shape index (κ1) is 12.8. The van der Waals surface area contributed by atoms with Gasteiger partial charge in [0.15, 0.2) is 0 Å². The highest BCUT2D eigenvalue weighted by Gasteiger charge is 2.32. The molecule has 18 heavy (non-hydrogen) atoms. The maximum Gasteiger partial charge on any atom is 0.337 e. The zero-order chi connectivity index (χ0) is 13.3. The molecule has 1 saturated heterocycles. The van der Waals surface area contributed by atoms with Gasteiger partial charge in [-0.1, -0.05) is 6.92 Å². The van der Waals surface area contributed by atoms with Crippen molar-refractivity contribution in [3.8, 4) is 0 Å². The quantitative estimate of drug-likeness (QED) is 0.871. The van der Waals surface area contributed by atoms with E-state index >= 15 is 0 Å². The third kappa shape index (κ3) is 2.31. The van der Waals surface area contributed by atoms with E-state index in [4.69, 9.17) is 0 Å². The van der Waals surface area contributed by atoms with Gasteiger partial charge in [-0.15, -0.1) is 0 Å². The van der Waals surface area contributed by atoms with Crippen LogP contribution in [0.1, 0.15) is 17.3 Å². The Morgan fingerprint density at radius 2 is 2.22 bits per heavy atom. The van der Waals surface area contributed by atoms with E-state index in [1.54, 1.807) is 12.3 Å². The van der Waals surface area contributed by atoms with Crippen LogP contribution in [0.2, 0.25) is 0 Å². The molecule has 5 nitrogen and oxygen atoms in total. The number of pyridine rings is 1. The highest BCUT2D eigenvalue weighted by molar-refractivity contribution is 5.94. The van der Waals surface area contributed by atoms with Crippen molar-refractivity contribution in [2.45, 2.75) is 13.0 Å². The number of hydrogen-bond acceptors (Lipinski definition) is 4. The monoisotopic (exact) mass is 249 g/mol. The minimum absolute atomic E-state index is 0.330. The molecule has 1 aliphatic rings. The van der Waals surface area contributed by atoms with E-state index in [-0.39, 0.29) is 0 Å². The van der Waals surface area contributed by atoms with Crippen LogP contribution in [-0.4, -0.2) is 54.2 Å². The first-order chi connectivity index (χ1) is 8.50. The van der Waals surface area contributed by atoms with E-state index in [9.17, 15) is 9.90 Å². The van der Waals surface area contributed by atoms with Crippen molar-refractivity contribution in [1.29, 1.82) is 0 Å². The summed E-state index contributed by atoms with van der Waals surface area (Å²) in [7, 11) is 4.12. The summed E-state index contributed by atoms with van der Waals surface area (Å²) in [6.45, 7) is 3.91. The number of aromatic nitrogens is 1. The van der Waals surface area contributed by atoms with Gasteiger partial charge in [0.25, 0.3) is 0 Å². The lowest BCUT2D eigenvalue weighted by Crippen LogP contribution is -2.34. The highest BCUT2D eigenvalue weighted by atomic mass is 16.4. The molecule has 2 unspecified atom stereocenters. The van der Waals surface area contributed by atoms with E-state index < -0.39 is 5.97 Å². The van der Waals surface area contributed by atoms with Crippen molar-refractivity contribution >= 4 is 11.7 Å². The molecule has 0 saturated carbocycles. The molecule has 2 atom stereocenters. The zero-order valence-corrected chi connectivity index (χ0v) is 11.0. The van der Waals surface area contributed by atoms with Gasteiger partial charge in [-0.3, -0.25) is 4.98 Å². The fourth-order valence-corrected chi connectivity index (χ4v) is 2.64. The number of aromatic carboxylic acids is 1. The Bertz CT molecular complexity index is 448. The molecule has 0 bridgehead atoms. The van der Waals surface area contributed by atoms with Crippen molar-refractivity contribution in [1.82, 2.24) is 9.88 Å². The van der Waals surface area contributed by atoms with Crippen LogP contribution in [0.25, 0.3) is 0 Å². The highest BCUT2D eigenvalue weighted by Crippen LogP contribution is 2.28. The van der Waals surface area contributed by atoms with Crippen LogP contribution in [0.3, 0.4) is 0 Å². The molecule has 0 aliphatic carbocycles. The summed E-state index contributed by atoms with van der Waals surface area (Å²) in [4.78, 5) is 19.6. The molecule has 1 fully saturated rings. The maximum atomic E-state index is 11.2. The number of carbonyl (C=O) groups is 1. The summed E-state index contributed by atoms with van der Waals surface area (Å²) >= 11 is 0. The molecule has 2 heterocycles. The second kappa shape index (κ2) is 4.94. The van der Waals surface area contributed by atoms with E-state index in [1.165, 1.54) is 6.20 Å². The number of likely N-dealkylation sites (N-methyl/N-ethyl adjacent to an activating group) is 1. The predicted molar refractivity (Wildman–Crippen MR) is 70.0 cm³/mol. The molecule has 0 spiro atoms. The third-order valence-corrected chi connectivity index (χ3v) is 3.61. The van der Waals surface area contributed by atoms with Crippen molar-refractivity contribution in [3.63, 3.8) is 0 Å². The molecule has 1 aliphatic heterocycles. The van der Waals surface area contributed by atoms with Crippen LogP contribution in [0.5, 0.6) is 0 Å². The SMILES string of the molecule is CC1CN(c2cnccc2C(=O)O)CC1N(C)C. The largest absolute Gasteiger partial charge is 0.478 e. The van der Waals surface area contributed by atoms with Gasteiger partial charge >= 0.3 is 5.97 Å². The Labute approximate surface area is 107 Å². The predicted octanol–water partition coefficient (Wildman–Crippen LogP) is 1.17. The fraction of sp³-hybridized carbons (Fsp3) is 0.538. The van der Waals surface area contributed by atoms with Gasteiger partial charge in [0.1, 0.15) is 0 Å². The fourth-order valence-electron chi connectivity index (χ4n) is 2.64. The first-order valence-corrected chi connectivity index (χ1v) is 6.09. The van der Waals surface area contributed by atoms with Crippen LogP contribution in [0.4, 0.5) is 5.69 Å². The van der Waals surface area contributed by atoms with Crippen LogP contribution in [0.15, 0.2) is 18.5 Å². The average Bonchev–Trinajstić information content (AvgIpc) is 2.71. The Hall–Kier alpha value is -1.62. The smallest absolute Gasteiger partial charge is 0.337 e. The number of nitrogens with zero attached hydrogens (tertiary/aromatic N) is 3. The second-order valence-corrected chi connectivity index (χ2v) is 5.11. The minimum atomic E-state index is -0.895. The average molecular weight is 249 g/mol. The van der Waals surface area contributed by atoms with Gasteiger partial charge in [-0.2, -0.15) is 0 Å². The lowest BCUT2D eigenvalue weighted by molar-refractivity contribution is 0.0697. The van der Waals surface area contributed by atoms with E-state index in [0.717, 1.165) is 18.8 Å². The number of anilines is 1. The summed E-state index contributed by atoms with van der Waals surface area (Å²) in [5.41, 5.74) is 1.05. The second-order valence-electron chi connectivity index (χ2n) is 5.11. The number of hydrogen-bond donors (Lipinski definition) is 1. The minimum Gasteiger partial charge on any atom is -0.478 e. The van der Waals surface area contributed by atoms with Gasteiger partial charge in [0.2, 0.25) is 0 Å². The van der Waals surface area contributed by atoms with Crippen molar-refractivity contribution in [2.24, 2.45) is 5.92 Å². The number of carboxylic acid groups (broad SMARTS) is 1. The summed E-state index contributed by atoms with van der Waals surface area (Å²) in [6, 6.07) is 2.01. The maximum absolute atomic E-state index is 11.2. The summed E-state index contributed by atoms with van der Waals surface area (Å²) < 4.78 is 0. The van der Waals surface area contributed by atoms with Crippen molar-refractivity contribution in [2.75, 3.05) is 32.1 Å². The first-order valence-electron chi connectivity index (χ1n) is 6.09. The lowest BCUT2D eigenvalue weighted by atomic mass is 10.1. The zero-order valence-electron chi connectivity index (χ0n) is 11.0. The van der Waals surface area contributed by atoms with Gasteiger partial charge in [0, 0.05) is 25.3 Å². The molecule has 1 aromatic rings. The number of rotatable bonds is 3. The molecule has 0 amide bonds. The lowest BCUT2D eigenvalue weighted by Gasteiger charge is -2.23. The normalized spacial score (nSPS) is 23.7. The molecule has 1 N–H and O–H groups in total. The van der Waals surface area contributed by atoms with E-state index in [0.29, 0.717) is 17.5 Å². The van der Waals surface area contributed by atoms with Gasteiger partial charge in [-0.25, -0.2) is 4.79 Å². The standard InChI is InChI=1S/C13H19N3O2/c1-9-7-16(8-12(9)15(2)3)11-6-14-5-4-10(11)13(17)18/h4-6,9,12H,7-8H2,1-3H3,(H,17,18). The van der Waals surface area contributed by atoms with Crippen LogP contribution in [-0.2, 0) is 0 Å². The van der Waals surface area contributed by atoms with Gasteiger partial charge in [-0.05, 0) is 26.1 Å². The van der Waals surface area contributed by atoms with Crippen LogP contribution < -0.4 is 4.90 Å². The number of carboxylic acids is 1. The molecule has 2 rings (SSSR count). The molecular formula is C13H19N3O2. The van der Waals surface area contributed by atoms with Gasteiger partial charge in [0.05, 0.1) is 17.4 Å². The summed E-state index contributed by atoms with van der Waals surface area (Å²) in [5, 5.41) is 9.20. The molecule has 98 valence electrons. The van der Waals surface area contributed by atoms with Crippen molar-refractivity contribution in [3.05, 3.63) is 24.0 Å². The molecule has 1 aromatic heterocycles. The molecule has 0 aromatic carbocycles. The summed E-state index contributed by atoms with van der Waals surface area (Å²) in [5.74, 6) is -0.379. The van der Waals surface area contributed by atoms with Crippen LogP contribution >= 0.6 is 0 Å². The van der Waals surface area contributed by atoms with E-state index in [2.05, 4.69) is 35.8 Å². The molecular weight excluding hydrogens is 230 g/mol. The molecule has 0 radical (unpaired) electrons. The van der Waals surface area contributed by atoms with Crippen molar-refractivity contribution < 1.29 is 9.90 Å². The molecule has 5 heteroatoms. The van der Waals surface area contributed by atoms with Gasteiger partial charge < -0.3 is 14.9 Å². The Kier molecular flexibility index (Phi) is 3.52. The van der Waals surface area contributed by atoms with E-state index in [1.807, 2.05) is 0 Å². The third-order valence-electron chi connectivity index (χ3n) is 3.61.